The summed E-state index contributed by atoms with van der Waals surface area (Å²) in [5, 5.41) is 4.20. The van der Waals surface area contributed by atoms with Gasteiger partial charge in [-0.25, -0.2) is 9.97 Å². The second kappa shape index (κ2) is 5.13. The van der Waals surface area contributed by atoms with Gasteiger partial charge in [0.05, 0.1) is 6.54 Å². The van der Waals surface area contributed by atoms with Gasteiger partial charge in [0.25, 0.3) is 5.56 Å². The lowest BCUT2D eigenvalue weighted by atomic mass is 10.4. The van der Waals surface area contributed by atoms with Crippen LogP contribution in [0.4, 0.5) is 5.82 Å². The normalized spacial score (nSPS) is 14.6. The Hall–Kier alpha value is -1.69. The molecule has 0 aliphatic heterocycles. The number of nitrogens with zero attached hydrogens (tertiary/aromatic N) is 2. The van der Waals surface area contributed by atoms with Crippen LogP contribution in [0.2, 0.25) is 0 Å². The van der Waals surface area contributed by atoms with Crippen LogP contribution in [-0.4, -0.2) is 15.0 Å². The summed E-state index contributed by atoms with van der Waals surface area (Å²) in [6.45, 7) is 2.73. The maximum absolute atomic E-state index is 11.6. The van der Waals surface area contributed by atoms with E-state index in [1.165, 1.54) is 10.9 Å². The topological polar surface area (TPSA) is 70.7 Å². The van der Waals surface area contributed by atoms with E-state index in [0.717, 1.165) is 30.1 Å². The Labute approximate surface area is 115 Å². The third-order valence-electron chi connectivity index (χ3n) is 3.09. The number of anilines is 1. The van der Waals surface area contributed by atoms with E-state index >= 15 is 0 Å². The van der Waals surface area contributed by atoms with E-state index in [1.807, 2.05) is 6.20 Å². The van der Waals surface area contributed by atoms with E-state index in [4.69, 9.17) is 0 Å². The van der Waals surface area contributed by atoms with Crippen LogP contribution in [0.5, 0.6) is 0 Å². The molecule has 1 fully saturated rings. The molecule has 2 aromatic rings. The van der Waals surface area contributed by atoms with Crippen molar-refractivity contribution in [3.63, 3.8) is 0 Å². The molecule has 100 valence electrons. The van der Waals surface area contributed by atoms with Gasteiger partial charge in [-0.1, -0.05) is 6.92 Å². The molecule has 0 bridgehead atoms. The summed E-state index contributed by atoms with van der Waals surface area (Å²) >= 11 is 1.69. The van der Waals surface area contributed by atoms with Gasteiger partial charge in [0.2, 0.25) is 0 Å². The minimum Gasteiger partial charge on any atom is -0.363 e. The van der Waals surface area contributed by atoms with Crippen molar-refractivity contribution in [2.24, 2.45) is 0 Å². The fraction of sp³-hybridized carbons (Fsp3) is 0.462. The van der Waals surface area contributed by atoms with Crippen LogP contribution in [0.25, 0.3) is 0 Å². The Balaban J connectivity index is 1.70. The van der Waals surface area contributed by atoms with Crippen LogP contribution in [-0.2, 0) is 13.0 Å². The number of aromatic amines is 1. The second-order valence-electron chi connectivity index (χ2n) is 4.72. The van der Waals surface area contributed by atoms with Crippen LogP contribution < -0.4 is 10.9 Å². The first-order chi connectivity index (χ1) is 9.24. The van der Waals surface area contributed by atoms with Gasteiger partial charge < -0.3 is 10.3 Å². The predicted molar refractivity (Wildman–Crippen MR) is 75.7 cm³/mol. The Morgan fingerprint density at radius 3 is 3.05 bits per heavy atom. The van der Waals surface area contributed by atoms with E-state index in [-0.39, 0.29) is 5.56 Å². The lowest BCUT2D eigenvalue weighted by Crippen LogP contribution is -2.13. The molecule has 2 N–H and O–H groups in total. The number of aryl methyl sites for hydroxylation is 1. The average molecular weight is 276 g/mol. The van der Waals surface area contributed by atoms with Crippen molar-refractivity contribution in [3.8, 4) is 0 Å². The van der Waals surface area contributed by atoms with Crippen molar-refractivity contribution >= 4 is 17.2 Å². The monoisotopic (exact) mass is 276 g/mol. The number of thiazole rings is 1. The summed E-state index contributed by atoms with van der Waals surface area (Å²) in [7, 11) is 0. The maximum atomic E-state index is 11.6. The molecule has 0 saturated heterocycles. The summed E-state index contributed by atoms with van der Waals surface area (Å²) < 4.78 is 0. The zero-order chi connectivity index (χ0) is 13.2. The van der Waals surface area contributed by atoms with Gasteiger partial charge >= 0.3 is 0 Å². The van der Waals surface area contributed by atoms with Gasteiger partial charge in [0.15, 0.2) is 0 Å². The minimum atomic E-state index is -0.0900. The zero-order valence-electron chi connectivity index (χ0n) is 10.8. The Morgan fingerprint density at radius 2 is 2.37 bits per heavy atom. The minimum absolute atomic E-state index is 0.0900. The second-order valence-corrected chi connectivity index (χ2v) is 5.92. The van der Waals surface area contributed by atoms with Crippen LogP contribution in [0.1, 0.15) is 41.4 Å². The quantitative estimate of drug-likeness (QED) is 0.879. The zero-order valence-corrected chi connectivity index (χ0v) is 11.6. The van der Waals surface area contributed by atoms with E-state index in [9.17, 15) is 4.79 Å². The number of aromatic nitrogens is 3. The largest absolute Gasteiger partial charge is 0.363 e. The fourth-order valence-corrected chi connectivity index (χ4v) is 2.68. The number of H-pyrrole nitrogens is 1. The number of hydrogen-bond acceptors (Lipinski definition) is 5. The van der Waals surface area contributed by atoms with Crippen molar-refractivity contribution in [1.29, 1.82) is 0 Å². The summed E-state index contributed by atoms with van der Waals surface area (Å²) in [5.74, 6) is 1.89. The summed E-state index contributed by atoms with van der Waals surface area (Å²) in [5.41, 5.74) is -0.0900. The number of nitrogens with one attached hydrogen (secondary N) is 2. The highest BCUT2D eigenvalue weighted by atomic mass is 32.1. The molecule has 3 rings (SSSR count). The van der Waals surface area contributed by atoms with Crippen LogP contribution >= 0.6 is 11.3 Å². The molecule has 1 aliphatic rings. The standard InChI is InChI=1S/C13H16N4OS/c1-2-9-6-15-12(19-9)7-14-10-5-11(18)17-13(16-10)8-3-4-8/h5-6,8H,2-4,7H2,1H3,(H2,14,16,17,18). The lowest BCUT2D eigenvalue weighted by molar-refractivity contribution is 0.902. The summed E-state index contributed by atoms with van der Waals surface area (Å²) in [6.07, 6.45) is 5.16. The van der Waals surface area contributed by atoms with E-state index in [0.29, 0.717) is 18.3 Å². The highest BCUT2D eigenvalue weighted by molar-refractivity contribution is 7.11. The van der Waals surface area contributed by atoms with Crippen molar-refractivity contribution < 1.29 is 0 Å². The van der Waals surface area contributed by atoms with Crippen molar-refractivity contribution in [2.45, 2.75) is 38.6 Å². The molecule has 19 heavy (non-hydrogen) atoms. The van der Waals surface area contributed by atoms with Crippen LogP contribution in [0.3, 0.4) is 0 Å². The molecule has 5 nitrogen and oxygen atoms in total. The Bertz CT molecular complexity index is 630. The molecule has 2 aromatic heterocycles. The predicted octanol–water partition coefficient (Wildman–Crippen LogP) is 2.28. The van der Waals surface area contributed by atoms with Crippen LogP contribution in [0.15, 0.2) is 17.1 Å². The first-order valence-corrected chi connectivity index (χ1v) is 7.35. The van der Waals surface area contributed by atoms with Crippen molar-refractivity contribution in [2.75, 3.05) is 5.32 Å². The highest BCUT2D eigenvalue weighted by Crippen LogP contribution is 2.37. The molecule has 1 saturated carbocycles. The number of hydrogen-bond donors (Lipinski definition) is 2. The molecule has 0 aromatic carbocycles. The van der Waals surface area contributed by atoms with Gasteiger partial charge in [0, 0.05) is 23.1 Å². The summed E-state index contributed by atoms with van der Waals surface area (Å²) in [6, 6.07) is 1.50. The first-order valence-electron chi connectivity index (χ1n) is 6.53. The van der Waals surface area contributed by atoms with Gasteiger partial charge in [-0.2, -0.15) is 0 Å². The molecular weight excluding hydrogens is 260 g/mol. The third-order valence-corrected chi connectivity index (χ3v) is 4.24. The van der Waals surface area contributed by atoms with Gasteiger partial charge in [0.1, 0.15) is 16.6 Å². The van der Waals surface area contributed by atoms with E-state index < -0.39 is 0 Å². The molecule has 2 heterocycles. The molecule has 0 unspecified atom stereocenters. The molecular formula is C13H16N4OS. The van der Waals surface area contributed by atoms with E-state index in [1.54, 1.807) is 11.3 Å². The van der Waals surface area contributed by atoms with Gasteiger partial charge in [-0.15, -0.1) is 11.3 Å². The maximum Gasteiger partial charge on any atom is 0.252 e. The van der Waals surface area contributed by atoms with Crippen molar-refractivity contribution in [3.05, 3.63) is 38.3 Å². The SMILES string of the molecule is CCc1cnc(CNc2cc(=O)[nH]c(C3CC3)n2)s1. The van der Waals surface area contributed by atoms with Gasteiger partial charge in [-0.05, 0) is 19.3 Å². The summed E-state index contributed by atoms with van der Waals surface area (Å²) in [4.78, 5) is 24.4. The number of rotatable bonds is 5. The van der Waals surface area contributed by atoms with Crippen LogP contribution in [0, 0.1) is 0 Å². The smallest absolute Gasteiger partial charge is 0.252 e. The molecule has 1 aliphatic carbocycles. The molecule has 0 atom stereocenters. The molecule has 0 amide bonds. The van der Waals surface area contributed by atoms with Crippen molar-refractivity contribution in [1.82, 2.24) is 15.0 Å². The van der Waals surface area contributed by atoms with E-state index in [2.05, 4.69) is 27.2 Å². The fourth-order valence-electron chi connectivity index (χ4n) is 1.88. The highest BCUT2D eigenvalue weighted by Gasteiger charge is 2.26. The van der Waals surface area contributed by atoms with Gasteiger partial charge in [-0.3, -0.25) is 4.79 Å². The lowest BCUT2D eigenvalue weighted by Gasteiger charge is -2.04. The molecule has 0 spiro atoms. The molecule has 0 radical (unpaired) electrons. The first kappa shape index (κ1) is 12.3. The molecule has 6 heteroatoms. The Morgan fingerprint density at radius 1 is 1.53 bits per heavy atom. The average Bonchev–Trinajstić information content (AvgIpc) is 3.15. The third kappa shape index (κ3) is 3.01. The Kier molecular flexibility index (Phi) is 3.33.